The van der Waals surface area contributed by atoms with Crippen LogP contribution in [0.2, 0.25) is 5.28 Å². The Balaban J connectivity index is 2.90. The topological polar surface area (TPSA) is 25.8 Å². The lowest BCUT2D eigenvalue weighted by Crippen LogP contribution is -2.11. The first-order chi connectivity index (χ1) is 5.88. The van der Waals surface area contributed by atoms with E-state index in [2.05, 4.69) is 30.7 Å². The van der Waals surface area contributed by atoms with Crippen molar-refractivity contribution < 1.29 is 0 Å². The van der Waals surface area contributed by atoms with Gasteiger partial charge in [-0.3, -0.25) is 0 Å². The Morgan fingerprint density at radius 3 is 2.46 bits per heavy atom. The van der Waals surface area contributed by atoms with Crippen molar-refractivity contribution in [2.45, 2.75) is 34.1 Å². The Labute approximate surface area is 84.4 Å². The number of rotatable bonds is 1. The van der Waals surface area contributed by atoms with Crippen molar-refractivity contribution in [3.8, 4) is 0 Å². The lowest BCUT2D eigenvalue weighted by Gasteiger charge is -2.18. The molecule has 0 aromatic carbocycles. The molecule has 0 aliphatic heterocycles. The normalized spacial score (nSPS) is 11.8. The fraction of sp³-hybridized carbons (Fsp3) is 0.600. The molecule has 0 saturated heterocycles. The number of aryl methyl sites for hydroxylation is 1. The van der Waals surface area contributed by atoms with Crippen LogP contribution >= 0.6 is 11.6 Å². The van der Waals surface area contributed by atoms with Crippen LogP contribution in [-0.4, -0.2) is 9.97 Å². The van der Waals surface area contributed by atoms with Crippen molar-refractivity contribution in [1.29, 1.82) is 0 Å². The molecule has 1 rings (SSSR count). The van der Waals surface area contributed by atoms with Gasteiger partial charge in [0.2, 0.25) is 5.28 Å². The van der Waals surface area contributed by atoms with Gasteiger partial charge in [-0.1, -0.05) is 20.8 Å². The molecular weight excluding hydrogens is 184 g/mol. The van der Waals surface area contributed by atoms with Crippen LogP contribution in [0.3, 0.4) is 0 Å². The standard InChI is InChI=1S/C10H15ClN2/c1-7-8(5-10(2,3)4)6-12-9(11)13-7/h6H,5H2,1-4H3. The smallest absolute Gasteiger partial charge is 0.222 e. The molecule has 0 spiro atoms. The van der Waals surface area contributed by atoms with Gasteiger partial charge in [0.25, 0.3) is 0 Å². The quantitative estimate of drug-likeness (QED) is 0.649. The maximum atomic E-state index is 5.67. The second-order valence-electron chi connectivity index (χ2n) is 4.49. The number of nitrogens with zero attached hydrogens (tertiary/aromatic N) is 2. The van der Waals surface area contributed by atoms with E-state index in [0.29, 0.717) is 5.28 Å². The van der Waals surface area contributed by atoms with Gasteiger partial charge in [0, 0.05) is 11.9 Å². The van der Waals surface area contributed by atoms with Gasteiger partial charge in [0.1, 0.15) is 0 Å². The van der Waals surface area contributed by atoms with Crippen LogP contribution in [-0.2, 0) is 6.42 Å². The van der Waals surface area contributed by atoms with Gasteiger partial charge in [0.05, 0.1) is 0 Å². The van der Waals surface area contributed by atoms with Gasteiger partial charge in [0.15, 0.2) is 0 Å². The summed E-state index contributed by atoms with van der Waals surface area (Å²) >= 11 is 5.67. The van der Waals surface area contributed by atoms with E-state index in [1.54, 1.807) is 0 Å². The summed E-state index contributed by atoms with van der Waals surface area (Å²) in [7, 11) is 0. The van der Waals surface area contributed by atoms with Crippen LogP contribution in [0.4, 0.5) is 0 Å². The predicted octanol–water partition coefficient (Wildman–Crippen LogP) is 3.03. The fourth-order valence-corrected chi connectivity index (χ4v) is 1.38. The van der Waals surface area contributed by atoms with E-state index in [9.17, 15) is 0 Å². The van der Waals surface area contributed by atoms with E-state index in [0.717, 1.165) is 12.1 Å². The van der Waals surface area contributed by atoms with Crippen molar-refractivity contribution in [1.82, 2.24) is 9.97 Å². The molecule has 1 aromatic heterocycles. The van der Waals surface area contributed by atoms with Gasteiger partial charge in [-0.15, -0.1) is 0 Å². The summed E-state index contributed by atoms with van der Waals surface area (Å²) in [5.74, 6) is 0. The van der Waals surface area contributed by atoms with E-state index in [-0.39, 0.29) is 5.41 Å². The summed E-state index contributed by atoms with van der Waals surface area (Å²) < 4.78 is 0. The summed E-state index contributed by atoms with van der Waals surface area (Å²) in [6, 6.07) is 0. The lowest BCUT2D eigenvalue weighted by molar-refractivity contribution is 0.409. The lowest BCUT2D eigenvalue weighted by atomic mass is 9.88. The zero-order valence-electron chi connectivity index (χ0n) is 8.56. The molecule has 3 heteroatoms. The van der Waals surface area contributed by atoms with Gasteiger partial charge in [-0.25, -0.2) is 9.97 Å². The van der Waals surface area contributed by atoms with E-state index in [1.165, 1.54) is 5.56 Å². The van der Waals surface area contributed by atoms with Crippen molar-refractivity contribution >= 4 is 11.6 Å². The number of halogens is 1. The minimum absolute atomic E-state index is 0.266. The van der Waals surface area contributed by atoms with Crippen LogP contribution in [0.1, 0.15) is 32.0 Å². The van der Waals surface area contributed by atoms with E-state index >= 15 is 0 Å². The summed E-state index contributed by atoms with van der Waals surface area (Å²) in [6.07, 6.45) is 2.80. The Morgan fingerprint density at radius 2 is 2.00 bits per heavy atom. The molecular formula is C10H15ClN2. The minimum atomic E-state index is 0.266. The van der Waals surface area contributed by atoms with E-state index in [4.69, 9.17) is 11.6 Å². The van der Waals surface area contributed by atoms with Crippen LogP contribution in [0.5, 0.6) is 0 Å². The Bertz CT molecular complexity index is 302. The molecule has 1 heterocycles. The molecule has 0 amide bonds. The van der Waals surface area contributed by atoms with Gasteiger partial charge in [-0.05, 0) is 35.9 Å². The Hall–Kier alpha value is -0.630. The molecule has 0 aliphatic carbocycles. The van der Waals surface area contributed by atoms with E-state index < -0.39 is 0 Å². The number of hydrogen-bond donors (Lipinski definition) is 0. The molecule has 0 N–H and O–H groups in total. The van der Waals surface area contributed by atoms with Crippen LogP contribution < -0.4 is 0 Å². The highest BCUT2D eigenvalue weighted by Crippen LogP contribution is 2.21. The first kappa shape index (κ1) is 10.5. The van der Waals surface area contributed by atoms with E-state index in [1.807, 2.05) is 13.1 Å². The van der Waals surface area contributed by atoms with Gasteiger partial charge in [-0.2, -0.15) is 0 Å². The third-order valence-corrected chi connectivity index (χ3v) is 1.95. The minimum Gasteiger partial charge on any atom is -0.226 e. The molecule has 0 bridgehead atoms. The van der Waals surface area contributed by atoms with Crippen molar-refractivity contribution in [2.24, 2.45) is 5.41 Å². The Morgan fingerprint density at radius 1 is 1.38 bits per heavy atom. The monoisotopic (exact) mass is 198 g/mol. The summed E-state index contributed by atoms with van der Waals surface area (Å²) in [5, 5.41) is 0.329. The molecule has 0 radical (unpaired) electrons. The second kappa shape index (κ2) is 3.62. The summed E-state index contributed by atoms with van der Waals surface area (Å²) in [5.41, 5.74) is 2.42. The third kappa shape index (κ3) is 3.31. The molecule has 2 nitrogen and oxygen atoms in total. The predicted molar refractivity (Wildman–Crippen MR) is 54.9 cm³/mol. The van der Waals surface area contributed by atoms with Crippen molar-refractivity contribution in [3.63, 3.8) is 0 Å². The molecule has 1 aromatic rings. The highest BCUT2D eigenvalue weighted by Gasteiger charge is 2.13. The Kier molecular flexibility index (Phi) is 2.91. The fourth-order valence-electron chi connectivity index (χ4n) is 1.21. The maximum Gasteiger partial charge on any atom is 0.222 e. The molecule has 0 saturated carbocycles. The van der Waals surface area contributed by atoms with Crippen LogP contribution in [0, 0.1) is 12.3 Å². The average Bonchev–Trinajstić information content (AvgIpc) is 1.93. The molecule has 0 fully saturated rings. The van der Waals surface area contributed by atoms with Gasteiger partial charge < -0.3 is 0 Å². The first-order valence-corrected chi connectivity index (χ1v) is 4.74. The van der Waals surface area contributed by atoms with Crippen molar-refractivity contribution in [2.75, 3.05) is 0 Å². The number of hydrogen-bond acceptors (Lipinski definition) is 2. The number of aromatic nitrogens is 2. The molecule has 0 aliphatic rings. The third-order valence-electron chi connectivity index (χ3n) is 1.77. The maximum absolute atomic E-state index is 5.67. The summed E-state index contributed by atoms with van der Waals surface area (Å²) in [4.78, 5) is 8.09. The largest absolute Gasteiger partial charge is 0.226 e. The van der Waals surface area contributed by atoms with Gasteiger partial charge >= 0.3 is 0 Å². The van der Waals surface area contributed by atoms with Crippen molar-refractivity contribution in [3.05, 3.63) is 22.7 Å². The molecule has 0 atom stereocenters. The molecule has 0 unspecified atom stereocenters. The SMILES string of the molecule is Cc1nc(Cl)ncc1CC(C)(C)C. The molecule has 72 valence electrons. The zero-order chi connectivity index (χ0) is 10.1. The second-order valence-corrected chi connectivity index (χ2v) is 4.83. The highest BCUT2D eigenvalue weighted by atomic mass is 35.5. The zero-order valence-corrected chi connectivity index (χ0v) is 9.31. The first-order valence-electron chi connectivity index (χ1n) is 4.36. The van der Waals surface area contributed by atoms with Crippen LogP contribution in [0.25, 0.3) is 0 Å². The molecule has 13 heavy (non-hydrogen) atoms. The highest BCUT2D eigenvalue weighted by molar-refractivity contribution is 6.28. The average molecular weight is 199 g/mol. The summed E-state index contributed by atoms with van der Waals surface area (Å²) in [6.45, 7) is 8.55. The van der Waals surface area contributed by atoms with Crippen LogP contribution in [0.15, 0.2) is 6.20 Å².